The molecule has 0 saturated heterocycles. The quantitative estimate of drug-likeness (QED) is 0.817. The van der Waals surface area contributed by atoms with E-state index in [-0.39, 0.29) is 23.0 Å². The first kappa shape index (κ1) is 13.1. The van der Waals surface area contributed by atoms with E-state index in [0.29, 0.717) is 5.92 Å². The van der Waals surface area contributed by atoms with Gasteiger partial charge < -0.3 is 5.11 Å². The van der Waals surface area contributed by atoms with Gasteiger partial charge in [-0.3, -0.25) is 4.79 Å². The second-order valence-corrected chi connectivity index (χ2v) is 6.88. The summed E-state index contributed by atoms with van der Waals surface area (Å²) in [5.41, 5.74) is 0.224. The maximum Gasteiger partial charge on any atom is 0.164 e. The summed E-state index contributed by atoms with van der Waals surface area (Å²) in [4.78, 5) is 11.8. The standard InChI is InChI=1S/C15H26O2/c1-9(2)6-5-7-15(4)11-8-12(15)14(17)13(16)10(11)3/h9-12,14,17H,5-8H2,1-4H3/t10-,11+,12-,14+,15-/m1/s1. The largest absolute Gasteiger partial charge is 0.385 e. The van der Waals surface area contributed by atoms with Crippen molar-refractivity contribution in [2.75, 3.05) is 0 Å². The summed E-state index contributed by atoms with van der Waals surface area (Å²) in [6.07, 6.45) is 4.04. The normalized spacial score (nSPS) is 44.9. The Bertz CT molecular complexity index is 290. The minimum absolute atomic E-state index is 0.0686. The molecule has 98 valence electrons. The van der Waals surface area contributed by atoms with E-state index in [4.69, 9.17) is 0 Å². The zero-order valence-corrected chi connectivity index (χ0v) is 11.6. The van der Waals surface area contributed by atoms with Crippen LogP contribution in [-0.4, -0.2) is 17.0 Å². The van der Waals surface area contributed by atoms with Crippen LogP contribution in [0.25, 0.3) is 0 Å². The van der Waals surface area contributed by atoms with Gasteiger partial charge in [-0.25, -0.2) is 0 Å². The monoisotopic (exact) mass is 238 g/mol. The fraction of sp³-hybridized carbons (Fsp3) is 0.933. The number of fused-ring (bicyclic) bond motifs is 2. The van der Waals surface area contributed by atoms with E-state index >= 15 is 0 Å². The average Bonchev–Trinajstić information content (AvgIpc) is 2.23. The Balaban J connectivity index is 2.00. The highest BCUT2D eigenvalue weighted by Crippen LogP contribution is 2.62. The van der Waals surface area contributed by atoms with E-state index in [1.807, 2.05) is 6.92 Å². The number of hydrogen-bond donors (Lipinski definition) is 1. The minimum atomic E-state index is -0.681. The van der Waals surface area contributed by atoms with Crippen LogP contribution in [0.15, 0.2) is 0 Å². The molecule has 3 aliphatic carbocycles. The van der Waals surface area contributed by atoms with Crippen LogP contribution in [0.1, 0.15) is 53.4 Å². The maximum absolute atomic E-state index is 11.8. The molecule has 3 saturated carbocycles. The van der Waals surface area contributed by atoms with Crippen molar-refractivity contribution in [1.29, 1.82) is 0 Å². The van der Waals surface area contributed by atoms with Crippen molar-refractivity contribution < 1.29 is 9.90 Å². The van der Waals surface area contributed by atoms with Gasteiger partial charge in [0.15, 0.2) is 5.78 Å². The molecule has 0 heterocycles. The predicted octanol–water partition coefficient (Wildman–Crippen LogP) is 3.03. The first-order chi connectivity index (χ1) is 7.88. The summed E-state index contributed by atoms with van der Waals surface area (Å²) in [5, 5.41) is 10.0. The van der Waals surface area contributed by atoms with Gasteiger partial charge >= 0.3 is 0 Å². The summed E-state index contributed by atoms with van der Waals surface area (Å²) >= 11 is 0. The molecular weight excluding hydrogens is 212 g/mol. The van der Waals surface area contributed by atoms with Crippen LogP contribution < -0.4 is 0 Å². The van der Waals surface area contributed by atoms with E-state index in [2.05, 4.69) is 20.8 Å². The molecule has 0 aliphatic heterocycles. The van der Waals surface area contributed by atoms with Crippen molar-refractivity contribution >= 4 is 5.78 Å². The molecular formula is C15H26O2. The van der Waals surface area contributed by atoms with E-state index < -0.39 is 6.10 Å². The Kier molecular flexibility index (Phi) is 3.37. The number of aliphatic hydroxyl groups excluding tert-OH is 1. The van der Waals surface area contributed by atoms with Crippen LogP contribution in [0.5, 0.6) is 0 Å². The van der Waals surface area contributed by atoms with Crippen molar-refractivity contribution in [3.05, 3.63) is 0 Å². The van der Waals surface area contributed by atoms with Crippen molar-refractivity contribution in [3.63, 3.8) is 0 Å². The first-order valence-electron chi connectivity index (χ1n) is 7.09. The molecule has 0 unspecified atom stereocenters. The van der Waals surface area contributed by atoms with E-state index in [1.165, 1.54) is 19.3 Å². The topological polar surface area (TPSA) is 37.3 Å². The van der Waals surface area contributed by atoms with Gasteiger partial charge in [-0.15, -0.1) is 0 Å². The van der Waals surface area contributed by atoms with E-state index in [9.17, 15) is 9.90 Å². The number of aliphatic hydroxyl groups is 1. The molecule has 0 aromatic heterocycles. The number of carbonyl (C=O) groups excluding carboxylic acids is 1. The number of carbonyl (C=O) groups is 1. The zero-order valence-electron chi connectivity index (χ0n) is 11.6. The van der Waals surface area contributed by atoms with Gasteiger partial charge in [0.1, 0.15) is 6.10 Å². The van der Waals surface area contributed by atoms with Crippen LogP contribution >= 0.6 is 0 Å². The van der Waals surface area contributed by atoms with E-state index in [0.717, 1.165) is 12.3 Å². The first-order valence-corrected chi connectivity index (χ1v) is 7.09. The molecule has 3 fully saturated rings. The summed E-state index contributed by atoms with van der Waals surface area (Å²) < 4.78 is 0. The van der Waals surface area contributed by atoms with Gasteiger partial charge in [-0.1, -0.05) is 40.5 Å². The lowest BCUT2D eigenvalue weighted by atomic mass is 9.42. The second kappa shape index (κ2) is 4.38. The third-order valence-corrected chi connectivity index (χ3v) is 5.42. The number of ketones is 1. The van der Waals surface area contributed by atoms with Crippen LogP contribution in [0, 0.1) is 29.1 Å². The molecule has 0 radical (unpaired) electrons. The number of rotatable bonds is 4. The second-order valence-electron chi connectivity index (χ2n) is 6.88. The smallest absolute Gasteiger partial charge is 0.164 e. The Labute approximate surface area is 105 Å². The Hall–Kier alpha value is -0.370. The lowest BCUT2D eigenvalue weighted by Gasteiger charge is -2.62. The summed E-state index contributed by atoms with van der Waals surface area (Å²) in [6, 6.07) is 0. The molecule has 17 heavy (non-hydrogen) atoms. The highest BCUT2D eigenvalue weighted by molar-refractivity contribution is 5.87. The lowest BCUT2D eigenvalue weighted by Crippen LogP contribution is -2.63. The maximum atomic E-state index is 11.8. The highest BCUT2D eigenvalue weighted by Gasteiger charge is 2.62. The molecule has 3 aliphatic rings. The molecule has 5 atom stereocenters. The Morgan fingerprint density at radius 2 is 2.06 bits per heavy atom. The summed E-state index contributed by atoms with van der Waals surface area (Å²) in [7, 11) is 0. The zero-order chi connectivity index (χ0) is 12.8. The van der Waals surface area contributed by atoms with Gasteiger partial charge in [0.25, 0.3) is 0 Å². The lowest BCUT2D eigenvalue weighted by molar-refractivity contribution is -0.189. The van der Waals surface area contributed by atoms with Gasteiger partial charge in [-0.05, 0) is 36.0 Å². The molecule has 0 aromatic rings. The van der Waals surface area contributed by atoms with Crippen LogP contribution in [0.4, 0.5) is 0 Å². The van der Waals surface area contributed by atoms with Crippen LogP contribution in [0.2, 0.25) is 0 Å². The van der Waals surface area contributed by atoms with Crippen LogP contribution in [-0.2, 0) is 4.79 Å². The van der Waals surface area contributed by atoms with Crippen molar-refractivity contribution in [2.24, 2.45) is 29.1 Å². The molecule has 1 N–H and O–H groups in total. The number of hydrogen-bond acceptors (Lipinski definition) is 2. The van der Waals surface area contributed by atoms with Crippen molar-refractivity contribution in [2.45, 2.75) is 59.5 Å². The average molecular weight is 238 g/mol. The fourth-order valence-corrected chi connectivity index (χ4v) is 4.12. The molecule has 3 rings (SSSR count). The van der Waals surface area contributed by atoms with Gasteiger partial charge in [0.05, 0.1) is 0 Å². The van der Waals surface area contributed by atoms with Crippen molar-refractivity contribution in [3.8, 4) is 0 Å². The molecule has 0 spiro atoms. The van der Waals surface area contributed by atoms with Crippen molar-refractivity contribution in [1.82, 2.24) is 0 Å². The Morgan fingerprint density at radius 3 is 2.59 bits per heavy atom. The summed E-state index contributed by atoms with van der Waals surface area (Å²) in [6.45, 7) is 8.81. The molecule has 2 nitrogen and oxygen atoms in total. The van der Waals surface area contributed by atoms with E-state index in [1.54, 1.807) is 0 Å². The molecule has 0 amide bonds. The van der Waals surface area contributed by atoms with Gasteiger partial charge in [0, 0.05) is 5.92 Å². The predicted molar refractivity (Wildman–Crippen MR) is 68.6 cm³/mol. The Morgan fingerprint density at radius 1 is 1.41 bits per heavy atom. The summed E-state index contributed by atoms with van der Waals surface area (Å²) in [5.74, 6) is 1.67. The van der Waals surface area contributed by atoms with Gasteiger partial charge in [0.2, 0.25) is 0 Å². The number of Topliss-reactive ketones (excluding diaryl/α,β-unsaturated/α-hetero) is 1. The third-order valence-electron chi connectivity index (χ3n) is 5.42. The molecule has 0 aromatic carbocycles. The van der Waals surface area contributed by atoms with Crippen LogP contribution in [0.3, 0.4) is 0 Å². The highest BCUT2D eigenvalue weighted by atomic mass is 16.3. The SMILES string of the molecule is CC(C)CCC[C@@]1(C)[C@@H]2C[C@H]1[C@@H](C)C(=O)[C@H]2O. The minimum Gasteiger partial charge on any atom is -0.385 e. The third kappa shape index (κ3) is 1.95. The molecule has 2 bridgehead atoms. The molecule has 2 heteroatoms. The fourth-order valence-electron chi connectivity index (χ4n) is 4.12. The van der Waals surface area contributed by atoms with Gasteiger partial charge in [-0.2, -0.15) is 0 Å².